The predicted molar refractivity (Wildman–Crippen MR) is 194 cm³/mol. The number of carbonyl (C=O) groups is 1. The van der Waals surface area contributed by atoms with Crippen LogP contribution in [0.4, 0.5) is 0 Å². The molecule has 288 valence electrons. The molecular formula is C37H51NO12S2. The molecule has 1 aromatic carbocycles. The van der Waals surface area contributed by atoms with Gasteiger partial charge in [-0.05, 0) is 56.2 Å². The van der Waals surface area contributed by atoms with E-state index in [-0.39, 0.29) is 54.5 Å². The van der Waals surface area contributed by atoms with Crippen LogP contribution in [0, 0.1) is 17.8 Å². The number of fused-ring (bicyclic) bond motifs is 11. The van der Waals surface area contributed by atoms with Crippen LogP contribution in [-0.4, -0.2) is 122 Å². The first-order valence-electron chi connectivity index (χ1n) is 18.4. The van der Waals surface area contributed by atoms with Crippen molar-refractivity contribution in [1.82, 2.24) is 5.32 Å². The maximum Gasteiger partial charge on any atom is 0.306 e. The van der Waals surface area contributed by atoms with Gasteiger partial charge in [0, 0.05) is 53.8 Å². The van der Waals surface area contributed by atoms with Crippen molar-refractivity contribution >= 4 is 38.5 Å². The molecule has 0 unspecified atom stereocenters. The smallest absolute Gasteiger partial charge is 0.306 e. The molecule has 1 saturated heterocycles. The summed E-state index contributed by atoms with van der Waals surface area (Å²) in [6.07, 6.45) is 5.16. The molecule has 0 radical (unpaired) electrons. The summed E-state index contributed by atoms with van der Waals surface area (Å²) in [5, 5.41) is 75.0. The normalized spacial score (nSPS) is 37.5. The van der Waals surface area contributed by atoms with Crippen LogP contribution in [0.15, 0.2) is 35.0 Å². The Morgan fingerprint density at radius 2 is 1.92 bits per heavy atom. The number of esters is 1. The van der Waals surface area contributed by atoms with Gasteiger partial charge in [0.1, 0.15) is 23.9 Å². The zero-order valence-corrected chi connectivity index (χ0v) is 31.0. The van der Waals surface area contributed by atoms with E-state index in [2.05, 4.69) is 5.32 Å². The molecule has 1 spiro atoms. The van der Waals surface area contributed by atoms with Crippen molar-refractivity contribution in [3.63, 3.8) is 0 Å². The van der Waals surface area contributed by atoms with E-state index in [4.69, 9.17) is 23.4 Å². The SMILES string of the molecule is CCOC(=O)CCc1cc2ccoc2c2c1O[C@H]1O[C@@](CO)(CSSC3(CCCCC3)CNCCO2)[C@]2(O)C[C@H]3C=C[C@@H](O)[C@H](CO)[C@@H]3[C@]1(O)[C@H]2O. The van der Waals surface area contributed by atoms with Crippen molar-refractivity contribution in [2.75, 3.05) is 45.3 Å². The summed E-state index contributed by atoms with van der Waals surface area (Å²) in [5.41, 5.74) is -5.54. The first-order chi connectivity index (χ1) is 25.0. The standard InChI is InChI=1S/C37H51NO12S2/c1-2-46-27(42)9-7-22-16-23-10-14-47-29(23)31-30(22)49-33-37(45)28-24(6-8-26(41)25(28)18-39)17-36(44,32(37)43)35(20-40,50-33)21-51-52-34(11-4-3-5-12-34)19-38-13-15-48-31/h6,8,10,14,16,24-26,28,32-33,38-41,43-45H,2-5,7,9,11-13,15,17-21H2,1H3/t24-,25+,26-,28-,32+,33+,35+,36+,37+/m1/s1. The minimum atomic E-state index is -2.42. The van der Waals surface area contributed by atoms with E-state index >= 15 is 0 Å². The third-order valence-electron chi connectivity index (χ3n) is 12.0. The number of nitrogens with one attached hydrogen (secondary N) is 1. The second-order valence-electron chi connectivity index (χ2n) is 15.0. The zero-order valence-electron chi connectivity index (χ0n) is 29.4. The van der Waals surface area contributed by atoms with Crippen LogP contribution < -0.4 is 14.8 Å². The van der Waals surface area contributed by atoms with E-state index in [9.17, 15) is 35.4 Å². The van der Waals surface area contributed by atoms with Gasteiger partial charge in [-0.2, -0.15) is 0 Å². The molecule has 4 bridgehead atoms. The van der Waals surface area contributed by atoms with Gasteiger partial charge >= 0.3 is 5.97 Å². The Kier molecular flexibility index (Phi) is 11.2. The highest BCUT2D eigenvalue weighted by Gasteiger charge is 2.76. The number of ether oxygens (including phenoxy) is 4. The fourth-order valence-corrected chi connectivity index (χ4v) is 12.9. The molecule has 7 N–H and O–H groups in total. The molecule has 7 rings (SSSR count). The summed E-state index contributed by atoms with van der Waals surface area (Å²) < 4.78 is 30.9. The van der Waals surface area contributed by atoms with E-state index in [0.29, 0.717) is 29.6 Å². The predicted octanol–water partition coefficient (Wildman–Crippen LogP) is 2.46. The van der Waals surface area contributed by atoms with Gasteiger partial charge < -0.3 is 59.3 Å². The highest BCUT2D eigenvalue weighted by molar-refractivity contribution is 8.77. The molecule has 1 aromatic heterocycles. The van der Waals surface area contributed by atoms with Crippen LogP contribution in [0.2, 0.25) is 0 Å². The molecule has 3 heterocycles. The fraction of sp³-hybridized carbons (Fsp3) is 0.703. The highest BCUT2D eigenvalue weighted by Crippen LogP contribution is 2.61. The number of aliphatic hydroxyl groups is 6. The molecule has 5 aliphatic rings. The Bertz CT molecular complexity index is 1620. The number of rotatable bonds is 6. The zero-order chi connectivity index (χ0) is 36.7. The minimum Gasteiger partial charge on any atom is -0.485 e. The second-order valence-corrected chi connectivity index (χ2v) is 17.8. The molecule has 9 atom stereocenters. The number of benzene rings is 1. The Balaban J connectivity index is 1.39. The van der Waals surface area contributed by atoms with E-state index in [0.717, 1.165) is 32.1 Å². The first kappa shape index (κ1) is 38.2. The third-order valence-corrected chi connectivity index (χ3v) is 15.4. The van der Waals surface area contributed by atoms with Gasteiger partial charge in [-0.3, -0.25) is 4.79 Å². The summed E-state index contributed by atoms with van der Waals surface area (Å²) >= 11 is 0. The molecular weight excluding hydrogens is 715 g/mol. The number of aliphatic hydroxyl groups excluding tert-OH is 4. The Labute approximate surface area is 310 Å². The van der Waals surface area contributed by atoms with Crippen molar-refractivity contribution in [3.8, 4) is 11.5 Å². The van der Waals surface area contributed by atoms with Crippen LogP contribution in [0.5, 0.6) is 11.5 Å². The molecule has 2 saturated carbocycles. The maximum absolute atomic E-state index is 12.9. The monoisotopic (exact) mass is 765 g/mol. The fourth-order valence-electron chi connectivity index (χ4n) is 9.23. The minimum absolute atomic E-state index is 0.00246. The highest BCUT2D eigenvalue weighted by atomic mass is 33.1. The summed E-state index contributed by atoms with van der Waals surface area (Å²) in [5.74, 6) is -2.71. The summed E-state index contributed by atoms with van der Waals surface area (Å²) in [6, 6.07) is 3.55. The lowest BCUT2D eigenvalue weighted by molar-refractivity contribution is -0.416. The number of allylic oxidation sites excluding steroid dienone is 1. The van der Waals surface area contributed by atoms with Gasteiger partial charge in [-0.1, -0.05) is 53.0 Å². The summed E-state index contributed by atoms with van der Waals surface area (Å²) in [6.45, 7) is 2.11. The van der Waals surface area contributed by atoms with Crippen LogP contribution >= 0.6 is 21.6 Å². The second kappa shape index (κ2) is 15.2. The van der Waals surface area contributed by atoms with Gasteiger partial charge in [-0.15, -0.1) is 0 Å². The molecule has 15 heteroatoms. The van der Waals surface area contributed by atoms with Crippen molar-refractivity contribution in [2.24, 2.45) is 17.8 Å². The Morgan fingerprint density at radius 3 is 2.67 bits per heavy atom. The average Bonchev–Trinajstić information content (AvgIpc) is 3.61. The van der Waals surface area contributed by atoms with Crippen molar-refractivity contribution in [1.29, 1.82) is 0 Å². The number of hydrogen-bond donors (Lipinski definition) is 7. The van der Waals surface area contributed by atoms with Gasteiger partial charge in [0.2, 0.25) is 12.0 Å². The van der Waals surface area contributed by atoms with Crippen molar-refractivity contribution in [3.05, 3.63) is 36.1 Å². The van der Waals surface area contributed by atoms with Crippen LogP contribution in [-0.2, 0) is 20.7 Å². The van der Waals surface area contributed by atoms with Crippen molar-refractivity contribution < 1.29 is 58.8 Å². The first-order valence-corrected chi connectivity index (χ1v) is 20.7. The molecule has 3 aliphatic carbocycles. The maximum atomic E-state index is 12.9. The Hall–Kier alpha value is -2.05. The van der Waals surface area contributed by atoms with Crippen molar-refractivity contribution in [2.45, 2.75) is 98.3 Å². The van der Waals surface area contributed by atoms with Gasteiger partial charge in [0.15, 0.2) is 16.9 Å². The third kappa shape index (κ3) is 6.46. The molecule has 2 aliphatic heterocycles. The summed E-state index contributed by atoms with van der Waals surface area (Å²) in [4.78, 5) is 12.6. The van der Waals surface area contributed by atoms with E-state index in [1.807, 2.05) is 0 Å². The quantitative estimate of drug-likeness (QED) is 0.128. The number of hydrogen-bond acceptors (Lipinski definition) is 15. The van der Waals surface area contributed by atoms with Crippen LogP contribution in [0.25, 0.3) is 11.0 Å². The topological polar surface area (TPSA) is 201 Å². The number of aryl methyl sites for hydroxylation is 1. The summed E-state index contributed by atoms with van der Waals surface area (Å²) in [7, 11) is 3.14. The molecule has 2 aromatic rings. The van der Waals surface area contributed by atoms with E-state index in [1.54, 1.807) is 35.9 Å². The van der Waals surface area contributed by atoms with Gasteiger partial charge in [-0.25, -0.2) is 0 Å². The lowest BCUT2D eigenvalue weighted by Gasteiger charge is -2.66. The van der Waals surface area contributed by atoms with Gasteiger partial charge in [0.05, 0.1) is 25.6 Å². The van der Waals surface area contributed by atoms with E-state index in [1.165, 1.54) is 23.1 Å². The Morgan fingerprint density at radius 1 is 1.12 bits per heavy atom. The molecule has 52 heavy (non-hydrogen) atoms. The molecule has 3 fully saturated rings. The van der Waals surface area contributed by atoms with Crippen LogP contribution in [0.3, 0.4) is 0 Å². The lowest BCUT2D eigenvalue weighted by atomic mass is 9.51. The largest absolute Gasteiger partial charge is 0.485 e. The van der Waals surface area contributed by atoms with E-state index < -0.39 is 72.2 Å². The molecule has 0 amide bonds. The van der Waals surface area contributed by atoms with Crippen LogP contribution in [0.1, 0.15) is 57.4 Å². The van der Waals surface area contributed by atoms with Gasteiger partial charge in [0.25, 0.3) is 0 Å². The number of furan rings is 1. The average molecular weight is 766 g/mol. The molecule has 13 nitrogen and oxygen atoms in total. The number of carbonyl (C=O) groups excluding carboxylic acids is 1. The lowest BCUT2D eigenvalue weighted by Crippen LogP contribution is -2.85.